The number of hydrogen-bond acceptors (Lipinski definition) is 4. The minimum atomic E-state index is -0.435. The molecule has 1 aromatic heterocycles. The first-order valence-electron chi connectivity index (χ1n) is 8.17. The van der Waals surface area contributed by atoms with Crippen LogP contribution in [0.3, 0.4) is 0 Å². The Balaban J connectivity index is 1.71. The van der Waals surface area contributed by atoms with E-state index in [0.717, 1.165) is 24.8 Å². The molecule has 0 radical (unpaired) electrons. The second kappa shape index (κ2) is 6.66. The Hall–Kier alpha value is -1.95. The molecule has 124 valence electrons. The highest BCUT2D eigenvalue weighted by atomic mass is 16.3. The van der Waals surface area contributed by atoms with Crippen molar-refractivity contribution in [2.45, 2.75) is 32.2 Å². The second-order valence-corrected chi connectivity index (χ2v) is 6.68. The van der Waals surface area contributed by atoms with Crippen molar-refractivity contribution in [2.75, 3.05) is 26.2 Å². The number of piperidine rings is 2. The minimum absolute atomic E-state index is 0.0238. The van der Waals surface area contributed by atoms with Crippen LogP contribution in [0.15, 0.2) is 24.5 Å². The Labute approximate surface area is 136 Å². The molecule has 0 aliphatic carbocycles. The molecule has 2 amide bonds. The molecule has 2 aliphatic rings. The van der Waals surface area contributed by atoms with E-state index in [9.17, 15) is 9.59 Å². The SMILES string of the molecule is O=C(CO)N1CCC[C@]2(CCC(=O)N(Cc3ccncc3)C2)C1. The summed E-state index contributed by atoms with van der Waals surface area (Å²) in [7, 11) is 0. The van der Waals surface area contributed by atoms with Crippen LogP contribution >= 0.6 is 0 Å². The average molecular weight is 317 g/mol. The predicted molar refractivity (Wildman–Crippen MR) is 84.2 cm³/mol. The van der Waals surface area contributed by atoms with Crippen molar-refractivity contribution in [1.82, 2.24) is 14.8 Å². The van der Waals surface area contributed by atoms with E-state index < -0.39 is 6.61 Å². The lowest BCUT2D eigenvalue weighted by Gasteiger charge is -2.48. The normalized spacial score (nSPS) is 25.0. The van der Waals surface area contributed by atoms with Gasteiger partial charge in [-0.05, 0) is 37.0 Å². The molecule has 3 rings (SSSR count). The third-order valence-electron chi connectivity index (χ3n) is 5.02. The number of likely N-dealkylation sites (tertiary alicyclic amines) is 2. The van der Waals surface area contributed by atoms with E-state index in [1.807, 2.05) is 17.0 Å². The van der Waals surface area contributed by atoms with Crippen molar-refractivity contribution >= 4 is 11.8 Å². The van der Waals surface area contributed by atoms with Crippen molar-refractivity contribution in [1.29, 1.82) is 0 Å². The van der Waals surface area contributed by atoms with Crippen LogP contribution in [-0.4, -0.2) is 57.9 Å². The molecular weight excluding hydrogens is 294 g/mol. The van der Waals surface area contributed by atoms with Gasteiger partial charge in [-0.2, -0.15) is 0 Å². The van der Waals surface area contributed by atoms with Crippen LogP contribution < -0.4 is 0 Å². The lowest BCUT2D eigenvalue weighted by Crippen LogP contribution is -2.55. The van der Waals surface area contributed by atoms with Gasteiger partial charge in [-0.15, -0.1) is 0 Å². The number of carbonyl (C=O) groups excluding carboxylic acids is 2. The van der Waals surface area contributed by atoms with E-state index in [2.05, 4.69) is 4.98 Å². The van der Waals surface area contributed by atoms with Gasteiger partial charge < -0.3 is 14.9 Å². The molecule has 6 heteroatoms. The third-order valence-corrected chi connectivity index (χ3v) is 5.02. The number of rotatable bonds is 3. The maximum Gasteiger partial charge on any atom is 0.248 e. The summed E-state index contributed by atoms with van der Waals surface area (Å²) in [5, 5.41) is 9.10. The number of carbonyl (C=O) groups is 2. The van der Waals surface area contributed by atoms with Gasteiger partial charge in [-0.3, -0.25) is 14.6 Å². The monoisotopic (exact) mass is 317 g/mol. The lowest BCUT2D eigenvalue weighted by atomic mass is 9.73. The van der Waals surface area contributed by atoms with Gasteiger partial charge in [0.1, 0.15) is 6.61 Å². The summed E-state index contributed by atoms with van der Waals surface area (Å²) in [4.78, 5) is 31.8. The highest BCUT2D eigenvalue weighted by Crippen LogP contribution is 2.39. The number of aliphatic hydroxyl groups excluding tert-OH is 1. The fourth-order valence-corrected chi connectivity index (χ4v) is 3.81. The van der Waals surface area contributed by atoms with Crippen molar-refractivity contribution in [3.05, 3.63) is 30.1 Å². The first kappa shape index (κ1) is 15.9. The Morgan fingerprint density at radius 1 is 1.26 bits per heavy atom. The maximum absolute atomic E-state index is 12.3. The molecule has 3 heterocycles. The van der Waals surface area contributed by atoms with Crippen molar-refractivity contribution < 1.29 is 14.7 Å². The number of aliphatic hydroxyl groups is 1. The first-order chi connectivity index (χ1) is 11.1. The van der Waals surface area contributed by atoms with E-state index in [1.54, 1.807) is 17.3 Å². The van der Waals surface area contributed by atoms with Gasteiger partial charge in [0.25, 0.3) is 0 Å². The van der Waals surface area contributed by atoms with Crippen molar-refractivity contribution in [3.63, 3.8) is 0 Å². The number of aromatic nitrogens is 1. The Kier molecular flexibility index (Phi) is 4.61. The zero-order valence-corrected chi connectivity index (χ0v) is 13.3. The smallest absolute Gasteiger partial charge is 0.248 e. The standard InChI is InChI=1S/C17H23N3O3/c21-11-16(23)19-9-1-5-17(12-19)6-2-15(22)20(13-17)10-14-3-7-18-8-4-14/h3-4,7-8,21H,1-2,5-6,9-13H2/t17-/m0/s1. The molecule has 0 aromatic carbocycles. The van der Waals surface area contributed by atoms with E-state index in [1.165, 1.54) is 0 Å². The van der Waals surface area contributed by atoms with E-state index >= 15 is 0 Å². The van der Waals surface area contributed by atoms with Crippen LogP contribution in [0.25, 0.3) is 0 Å². The van der Waals surface area contributed by atoms with Crippen LogP contribution in [0, 0.1) is 5.41 Å². The molecule has 1 spiro atoms. The molecule has 0 bridgehead atoms. The summed E-state index contributed by atoms with van der Waals surface area (Å²) >= 11 is 0. The van der Waals surface area contributed by atoms with Crippen molar-refractivity contribution in [2.24, 2.45) is 5.41 Å². The van der Waals surface area contributed by atoms with Crippen LogP contribution in [0.4, 0.5) is 0 Å². The molecule has 1 atom stereocenters. The largest absolute Gasteiger partial charge is 0.387 e. The highest BCUT2D eigenvalue weighted by molar-refractivity contribution is 5.78. The zero-order chi connectivity index (χ0) is 16.3. The molecule has 2 aliphatic heterocycles. The number of hydrogen-bond donors (Lipinski definition) is 1. The summed E-state index contributed by atoms with van der Waals surface area (Å²) in [6, 6.07) is 3.86. The number of amides is 2. The third kappa shape index (κ3) is 3.52. The van der Waals surface area contributed by atoms with Gasteiger partial charge in [0, 0.05) is 50.4 Å². The molecule has 1 aromatic rings. The summed E-state index contributed by atoms with van der Waals surface area (Å²) in [5.41, 5.74) is 1.05. The van der Waals surface area contributed by atoms with Gasteiger partial charge in [-0.25, -0.2) is 0 Å². The Morgan fingerprint density at radius 2 is 2.04 bits per heavy atom. The van der Waals surface area contributed by atoms with Gasteiger partial charge in [0.2, 0.25) is 11.8 Å². The van der Waals surface area contributed by atoms with Crippen LogP contribution in [-0.2, 0) is 16.1 Å². The van der Waals surface area contributed by atoms with Crippen LogP contribution in [0.1, 0.15) is 31.2 Å². The summed E-state index contributed by atoms with van der Waals surface area (Å²) in [5.74, 6) is -0.0281. The van der Waals surface area contributed by atoms with Crippen LogP contribution in [0.5, 0.6) is 0 Å². The molecule has 0 saturated carbocycles. The van der Waals surface area contributed by atoms with E-state index in [-0.39, 0.29) is 17.2 Å². The topological polar surface area (TPSA) is 73.7 Å². The average Bonchev–Trinajstić information content (AvgIpc) is 2.59. The van der Waals surface area contributed by atoms with E-state index in [4.69, 9.17) is 5.11 Å². The molecule has 2 saturated heterocycles. The lowest BCUT2D eigenvalue weighted by molar-refractivity contribution is -0.144. The number of pyridine rings is 1. The minimum Gasteiger partial charge on any atom is -0.387 e. The second-order valence-electron chi connectivity index (χ2n) is 6.68. The molecule has 23 heavy (non-hydrogen) atoms. The quantitative estimate of drug-likeness (QED) is 0.895. The van der Waals surface area contributed by atoms with E-state index in [0.29, 0.717) is 32.6 Å². The van der Waals surface area contributed by atoms with Gasteiger partial charge in [0.15, 0.2) is 0 Å². The van der Waals surface area contributed by atoms with Crippen molar-refractivity contribution in [3.8, 4) is 0 Å². The first-order valence-corrected chi connectivity index (χ1v) is 8.17. The maximum atomic E-state index is 12.3. The van der Waals surface area contributed by atoms with Gasteiger partial charge >= 0.3 is 0 Å². The van der Waals surface area contributed by atoms with Gasteiger partial charge in [0.05, 0.1) is 0 Å². The molecule has 0 unspecified atom stereocenters. The van der Waals surface area contributed by atoms with Crippen LogP contribution in [0.2, 0.25) is 0 Å². The summed E-state index contributed by atoms with van der Waals surface area (Å²) in [6.45, 7) is 2.20. The van der Waals surface area contributed by atoms with Gasteiger partial charge in [-0.1, -0.05) is 0 Å². The fourth-order valence-electron chi connectivity index (χ4n) is 3.81. The zero-order valence-electron chi connectivity index (χ0n) is 13.3. The summed E-state index contributed by atoms with van der Waals surface area (Å²) in [6.07, 6.45) is 6.80. The molecule has 1 N–H and O–H groups in total. The fraction of sp³-hybridized carbons (Fsp3) is 0.588. The number of nitrogens with zero attached hydrogens (tertiary/aromatic N) is 3. The predicted octanol–water partition coefficient (Wildman–Crippen LogP) is 0.805. The summed E-state index contributed by atoms with van der Waals surface area (Å²) < 4.78 is 0. The molecular formula is C17H23N3O3. The molecule has 2 fully saturated rings. The Morgan fingerprint density at radius 3 is 2.78 bits per heavy atom. The highest BCUT2D eigenvalue weighted by Gasteiger charge is 2.42. The molecule has 6 nitrogen and oxygen atoms in total. The Bertz CT molecular complexity index is 578.